The Labute approximate surface area is 193 Å². The van der Waals surface area contributed by atoms with Crippen LogP contribution in [0.4, 0.5) is 5.69 Å². The summed E-state index contributed by atoms with van der Waals surface area (Å²) in [5.41, 5.74) is 2.25. The van der Waals surface area contributed by atoms with Crippen LogP contribution in [0.2, 0.25) is 5.02 Å². The average molecular weight is 475 g/mol. The fourth-order valence-corrected chi connectivity index (χ4v) is 6.82. The Morgan fingerprint density at radius 1 is 1.13 bits per heavy atom. The molecule has 1 amide bonds. The summed E-state index contributed by atoms with van der Waals surface area (Å²) in [5.74, 6) is 0.320. The molecule has 2 aromatic heterocycles. The smallest absolute Gasteiger partial charge is 0.271 e. The molecule has 6 nitrogen and oxygen atoms in total. The minimum atomic E-state index is -0.0638. The number of fused-ring (bicyclic) bond motifs is 3. The number of aromatic nitrogens is 2. The van der Waals surface area contributed by atoms with E-state index in [1.807, 2.05) is 18.2 Å². The van der Waals surface area contributed by atoms with Gasteiger partial charge in [-0.2, -0.15) is 0 Å². The van der Waals surface area contributed by atoms with Crippen LogP contribution in [-0.2, 0) is 11.3 Å². The Hall–Kier alpha value is -1.87. The largest absolute Gasteiger partial charge is 0.322 e. The van der Waals surface area contributed by atoms with Crippen LogP contribution in [0.1, 0.15) is 37.3 Å². The van der Waals surface area contributed by atoms with Gasteiger partial charge in [-0.3, -0.25) is 19.1 Å². The van der Waals surface area contributed by atoms with Crippen molar-refractivity contribution in [2.24, 2.45) is 0 Å². The van der Waals surface area contributed by atoms with Crippen LogP contribution in [0.5, 0.6) is 0 Å². The van der Waals surface area contributed by atoms with E-state index in [1.165, 1.54) is 35.9 Å². The second kappa shape index (κ2) is 8.94. The molecule has 2 aliphatic rings. The van der Waals surface area contributed by atoms with E-state index in [0.29, 0.717) is 28.2 Å². The molecule has 0 spiro atoms. The fraction of sp³-hybridized carbons (Fsp3) is 0.409. The molecule has 5 rings (SSSR count). The number of rotatable bonds is 4. The van der Waals surface area contributed by atoms with E-state index in [9.17, 15) is 9.59 Å². The first-order valence-electron chi connectivity index (χ1n) is 10.5. The first-order chi connectivity index (χ1) is 15.1. The van der Waals surface area contributed by atoms with E-state index < -0.39 is 0 Å². The number of hydrogen-bond donors (Lipinski definition) is 1. The summed E-state index contributed by atoms with van der Waals surface area (Å²) in [6.45, 7) is 2.49. The van der Waals surface area contributed by atoms with Gasteiger partial charge in [-0.25, -0.2) is 4.98 Å². The van der Waals surface area contributed by atoms with Crippen molar-refractivity contribution in [3.63, 3.8) is 0 Å². The standard InChI is InChI=1S/C22H23ClN4O2S2/c23-15-8-4-3-7-14(15)16(26-9-5-1-2-6-10-26)11-27-13-24-18-19-22(30-12-17(28)25-19)31-20(18)21(27)29/h3-4,7-8,13,16H,1-2,5-6,9-12H2,(H,25,28)/t16-/m1/s1. The summed E-state index contributed by atoms with van der Waals surface area (Å²) < 4.78 is 3.25. The topological polar surface area (TPSA) is 67.2 Å². The van der Waals surface area contributed by atoms with Crippen molar-refractivity contribution in [1.82, 2.24) is 14.5 Å². The van der Waals surface area contributed by atoms with Crippen molar-refractivity contribution in [2.75, 3.05) is 24.2 Å². The maximum Gasteiger partial charge on any atom is 0.271 e. The Bertz CT molecular complexity index is 1180. The van der Waals surface area contributed by atoms with Crippen LogP contribution in [0.15, 0.2) is 39.6 Å². The summed E-state index contributed by atoms with van der Waals surface area (Å²) in [7, 11) is 0. The molecule has 1 N–H and O–H groups in total. The normalized spacial score (nSPS) is 18.4. The average Bonchev–Trinajstić information content (AvgIpc) is 2.94. The maximum absolute atomic E-state index is 13.4. The lowest BCUT2D eigenvalue weighted by Crippen LogP contribution is -2.35. The lowest BCUT2D eigenvalue weighted by atomic mass is 10.0. The van der Waals surface area contributed by atoms with Crippen molar-refractivity contribution in [2.45, 2.75) is 42.5 Å². The molecule has 2 aliphatic heterocycles. The highest BCUT2D eigenvalue weighted by atomic mass is 35.5. The second-order valence-corrected chi connectivity index (χ2v) is 10.6. The predicted molar refractivity (Wildman–Crippen MR) is 127 cm³/mol. The third-order valence-corrected chi connectivity index (χ3v) is 8.73. The summed E-state index contributed by atoms with van der Waals surface area (Å²) in [6.07, 6.45) is 6.40. The zero-order chi connectivity index (χ0) is 21.4. The number of nitrogens with zero attached hydrogens (tertiary/aromatic N) is 3. The minimum absolute atomic E-state index is 0.00687. The molecule has 31 heavy (non-hydrogen) atoms. The van der Waals surface area contributed by atoms with Gasteiger partial charge in [0.05, 0.1) is 28.0 Å². The number of nitrogens with one attached hydrogen (secondary N) is 1. The monoisotopic (exact) mass is 474 g/mol. The Balaban J connectivity index is 1.54. The fourth-order valence-electron chi connectivity index (χ4n) is 4.38. The number of thioether (sulfide) groups is 1. The molecular weight excluding hydrogens is 452 g/mol. The molecule has 0 bridgehead atoms. The van der Waals surface area contributed by atoms with Crippen molar-refractivity contribution in [3.8, 4) is 0 Å². The summed E-state index contributed by atoms with van der Waals surface area (Å²) >= 11 is 9.48. The van der Waals surface area contributed by atoms with Crippen LogP contribution >= 0.6 is 34.7 Å². The van der Waals surface area contributed by atoms with Gasteiger partial charge in [-0.1, -0.05) is 42.6 Å². The lowest BCUT2D eigenvalue weighted by molar-refractivity contribution is -0.113. The van der Waals surface area contributed by atoms with Gasteiger partial charge in [0.2, 0.25) is 5.91 Å². The summed E-state index contributed by atoms with van der Waals surface area (Å²) in [4.78, 5) is 32.2. The van der Waals surface area contributed by atoms with Crippen LogP contribution in [-0.4, -0.2) is 39.2 Å². The van der Waals surface area contributed by atoms with Crippen molar-refractivity contribution in [3.05, 3.63) is 51.5 Å². The minimum Gasteiger partial charge on any atom is -0.322 e. The molecule has 1 saturated heterocycles. The molecule has 1 atom stereocenters. The number of thiophene rings is 1. The third kappa shape index (κ3) is 4.14. The number of benzene rings is 1. The van der Waals surface area contributed by atoms with Gasteiger partial charge in [0, 0.05) is 11.6 Å². The van der Waals surface area contributed by atoms with E-state index in [1.54, 1.807) is 10.9 Å². The Morgan fingerprint density at radius 3 is 2.68 bits per heavy atom. The van der Waals surface area contributed by atoms with Gasteiger partial charge in [-0.05, 0) is 37.6 Å². The summed E-state index contributed by atoms with van der Waals surface area (Å²) in [5, 5.41) is 3.60. The van der Waals surface area contributed by atoms with Gasteiger partial charge in [-0.15, -0.1) is 23.1 Å². The van der Waals surface area contributed by atoms with E-state index in [-0.39, 0.29) is 17.5 Å². The predicted octanol–water partition coefficient (Wildman–Crippen LogP) is 4.77. The maximum atomic E-state index is 13.4. The molecule has 0 unspecified atom stereocenters. The molecule has 0 radical (unpaired) electrons. The molecule has 9 heteroatoms. The lowest BCUT2D eigenvalue weighted by Gasteiger charge is -2.32. The molecule has 162 valence electrons. The number of halogens is 1. The van der Waals surface area contributed by atoms with Gasteiger partial charge >= 0.3 is 0 Å². The van der Waals surface area contributed by atoms with E-state index >= 15 is 0 Å². The zero-order valence-corrected chi connectivity index (χ0v) is 19.4. The second-order valence-electron chi connectivity index (χ2n) is 7.97. The number of likely N-dealkylation sites (tertiary alicyclic amines) is 1. The van der Waals surface area contributed by atoms with Gasteiger partial charge < -0.3 is 5.32 Å². The van der Waals surface area contributed by atoms with Gasteiger partial charge in [0.15, 0.2) is 0 Å². The first-order valence-corrected chi connectivity index (χ1v) is 12.7. The number of carbonyl (C=O) groups excluding carboxylic acids is 1. The quantitative estimate of drug-likeness (QED) is 0.589. The highest BCUT2D eigenvalue weighted by Gasteiger charge is 2.27. The molecule has 1 aromatic carbocycles. The third-order valence-electron chi connectivity index (χ3n) is 5.95. The van der Waals surface area contributed by atoms with Crippen molar-refractivity contribution >= 4 is 56.5 Å². The Morgan fingerprint density at radius 2 is 1.90 bits per heavy atom. The number of anilines is 1. The molecule has 1 fully saturated rings. The summed E-state index contributed by atoms with van der Waals surface area (Å²) in [6, 6.07) is 7.92. The molecule has 0 saturated carbocycles. The molecular formula is C22H23ClN4O2S2. The number of carbonyl (C=O) groups is 1. The van der Waals surface area contributed by atoms with Crippen molar-refractivity contribution < 1.29 is 4.79 Å². The Kier molecular flexibility index (Phi) is 6.05. The molecule has 3 aromatic rings. The number of amides is 1. The zero-order valence-electron chi connectivity index (χ0n) is 17.0. The van der Waals surface area contributed by atoms with Crippen molar-refractivity contribution in [1.29, 1.82) is 0 Å². The number of hydrogen-bond acceptors (Lipinski definition) is 6. The van der Waals surface area contributed by atoms with Crippen LogP contribution in [0.3, 0.4) is 0 Å². The highest BCUT2D eigenvalue weighted by molar-refractivity contribution is 8.02. The van der Waals surface area contributed by atoms with Crippen LogP contribution < -0.4 is 10.9 Å². The van der Waals surface area contributed by atoms with Crippen LogP contribution in [0.25, 0.3) is 10.2 Å². The molecule has 0 aliphatic carbocycles. The highest BCUT2D eigenvalue weighted by Crippen LogP contribution is 2.42. The van der Waals surface area contributed by atoms with Gasteiger partial charge in [0.25, 0.3) is 5.56 Å². The SMILES string of the molecule is O=C1CSc2sc3c(=O)n(C[C@H](c4ccccc4Cl)N4CCCCCC4)cnc3c2N1. The van der Waals surface area contributed by atoms with E-state index in [4.69, 9.17) is 11.6 Å². The van der Waals surface area contributed by atoms with E-state index in [0.717, 1.165) is 40.7 Å². The van der Waals surface area contributed by atoms with E-state index in [2.05, 4.69) is 21.3 Å². The van der Waals surface area contributed by atoms with Gasteiger partial charge in [0.1, 0.15) is 10.2 Å². The first kappa shape index (κ1) is 21.0. The molecule has 4 heterocycles. The van der Waals surface area contributed by atoms with Crippen LogP contribution in [0, 0.1) is 0 Å².